The minimum absolute atomic E-state index is 0.0802. The normalized spacial score (nSPS) is 16.5. The van der Waals surface area contributed by atoms with Gasteiger partial charge in [-0.1, -0.05) is 20.3 Å². The van der Waals surface area contributed by atoms with Crippen LogP contribution in [0.4, 0.5) is 0 Å². The second kappa shape index (κ2) is 6.56. The van der Waals surface area contributed by atoms with E-state index in [4.69, 9.17) is 5.11 Å². The topological polar surface area (TPSA) is 79.3 Å². The second-order valence-corrected chi connectivity index (χ2v) is 7.11. The van der Waals surface area contributed by atoms with Crippen LogP contribution in [-0.2, 0) is 11.2 Å². The Balaban J connectivity index is 1.82. The van der Waals surface area contributed by atoms with Crippen LogP contribution in [0.2, 0.25) is 0 Å². The Labute approximate surface area is 128 Å². The number of carbonyl (C=O) groups excluding carboxylic acids is 1. The molecule has 1 fully saturated rings. The average molecular weight is 310 g/mol. The molecule has 0 unspecified atom stereocenters. The quantitative estimate of drug-likeness (QED) is 0.811. The van der Waals surface area contributed by atoms with Crippen LogP contribution in [0.25, 0.3) is 0 Å². The van der Waals surface area contributed by atoms with Gasteiger partial charge < -0.3 is 10.4 Å². The third-order valence-corrected chi connectivity index (χ3v) is 4.90. The SMILES string of the molecule is CC(C)CC1(C(=O)NCCc2nc(C(=O)O)cs2)CCC1. The number of nitrogens with one attached hydrogen (secondary N) is 1. The molecule has 1 aromatic rings. The lowest BCUT2D eigenvalue weighted by atomic mass is 9.64. The molecule has 0 radical (unpaired) electrons. The van der Waals surface area contributed by atoms with E-state index >= 15 is 0 Å². The van der Waals surface area contributed by atoms with Crippen molar-refractivity contribution in [1.82, 2.24) is 10.3 Å². The Kier molecular flexibility index (Phi) is 4.98. The van der Waals surface area contributed by atoms with Crippen molar-refractivity contribution in [2.45, 2.75) is 46.0 Å². The summed E-state index contributed by atoms with van der Waals surface area (Å²) in [6.45, 7) is 4.82. The molecule has 2 rings (SSSR count). The maximum absolute atomic E-state index is 12.4. The molecule has 0 spiro atoms. The summed E-state index contributed by atoms with van der Waals surface area (Å²) in [5.41, 5.74) is -0.0832. The average Bonchev–Trinajstić information content (AvgIpc) is 2.82. The van der Waals surface area contributed by atoms with Gasteiger partial charge in [-0.15, -0.1) is 11.3 Å². The molecule has 116 valence electrons. The van der Waals surface area contributed by atoms with Crippen molar-refractivity contribution >= 4 is 23.2 Å². The van der Waals surface area contributed by atoms with E-state index in [0.717, 1.165) is 30.7 Å². The number of nitrogens with zero attached hydrogens (tertiary/aromatic N) is 1. The first-order valence-electron chi connectivity index (χ1n) is 7.39. The lowest BCUT2D eigenvalue weighted by Gasteiger charge is -2.41. The molecule has 1 amide bonds. The van der Waals surface area contributed by atoms with Crippen LogP contribution < -0.4 is 5.32 Å². The number of carboxylic acid groups (broad SMARTS) is 1. The van der Waals surface area contributed by atoms with Gasteiger partial charge in [0.1, 0.15) is 0 Å². The molecule has 1 heterocycles. The highest BCUT2D eigenvalue weighted by molar-refractivity contribution is 7.09. The van der Waals surface area contributed by atoms with Crippen molar-refractivity contribution in [2.75, 3.05) is 6.54 Å². The summed E-state index contributed by atoms with van der Waals surface area (Å²) in [7, 11) is 0. The number of aromatic nitrogens is 1. The highest BCUT2D eigenvalue weighted by atomic mass is 32.1. The van der Waals surface area contributed by atoms with Crippen LogP contribution in [0.5, 0.6) is 0 Å². The van der Waals surface area contributed by atoms with Gasteiger partial charge in [0, 0.05) is 23.8 Å². The maximum atomic E-state index is 12.4. The van der Waals surface area contributed by atoms with Gasteiger partial charge in [0.25, 0.3) is 0 Å². The first kappa shape index (κ1) is 15.9. The van der Waals surface area contributed by atoms with E-state index in [1.165, 1.54) is 16.7 Å². The Hall–Kier alpha value is -1.43. The van der Waals surface area contributed by atoms with Crippen molar-refractivity contribution in [1.29, 1.82) is 0 Å². The van der Waals surface area contributed by atoms with Gasteiger partial charge in [0.05, 0.1) is 5.01 Å². The van der Waals surface area contributed by atoms with E-state index in [9.17, 15) is 9.59 Å². The van der Waals surface area contributed by atoms with Crippen LogP contribution in [0.3, 0.4) is 0 Å². The number of hydrogen-bond acceptors (Lipinski definition) is 4. The largest absolute Gasteiger partial charge is 0.476 e. The maximum Gasteiger partial charge on any atom is 0.355 e. The molecule has 1 saturated carbocycles. The van der Waals surface area contributed by atoms with E-state index in [2.05, 4.69) is 24.1 Å². The first-order valence-corrected chi connectivity index (χ1v) is 8.27. The van der Waals surface area contributed by atoms with Gasteiger partial charge in [-0.25, -0.2) is 9.78 Å². The molecule has 0 aromatic carbocycles. The van der Waals surface area contributed by atoms with Crippen LogP contribution in [0.1, 0.15) is 55.0 Å². The second-order valence-electron chi connectivity index (χ2n) is 6.17. The molecule has 5 nitrogen and oxygen atoms in total. The van der Waals surface area contributed by atoms with Crippen LogP contribution >= 0.6 is 11.3 Å². The zero-order chi connectivity index (χ0) is 15.5. The summed E-state index contributed by atoms with van der Waals surface area (Å²) in [4.78, 5) is 27.1. The fraction of sp³-hybridized carbons (Fsp3) is 0.667. The first-order chi connectivity index (χ1) is 9.93. The molecule has 1 aliphatic rings. The number of rotatable bonds is 7. The summed E-state index contributed by atoms with van der Waals surface area (Å²) in [6, 6.07) is 0. The predicted molar refractivity (Wildman–Crippen MR) is 81.5 cm³/mol. The number of carbonyl (C=O) groups is 2. The molecule has 0 saturated heterocycles. The molecule has 6 heteroatoms. The zero-order valence-electron chi connectivity index (χ0n) is 12.5. The standard InChI is InChI=1S/C15H22N2O3S/c1-10(2)8-15(5-3-6-15)14(20)16-7-4-12-17-11(9-21-12)13(18)19/h9-10H,3-8H2,1-2H3,(H,16,20)(H,18,19). The summed E-state index contributed by atoms with van der Waals surface area (Å²) in [5.74, 6) is -0.336. The number of thiazole rings is 1. The van der Waals surface area contributed by atoms with Gasteiger partial charge in [-0.3, -0.25) is 4.79 Å². The van der Waals surface area contributed by atoms with Crippen molar-refractivity contribution < 1.29 is 14.7 Å². The summed E-state index contributed by atoms with van der Waals surface area (Å²) >= 11 is 1.32. The Morgan fingerprint density at radius 3 is 2.67 bits per heavy atom. The van der Waals surface area contributed by atoms with Crippen molar-refractivity contribution in [3.8, 4) is 0 Å². The predicted octanol–water partition coefficient (Wildman–Crippen LogP) is 2.72. The molecule has 0 bridgehead atoms. The van der Waals surface area contributed by atoms with Gasteiger partial charge in [0.15, 0.2) is 5.69 Å². The minimum Gasteiger partial charge on any atom is -0.476 e. The van der Waals surface area contributed by atoms with Crippen LogP contribution in [-0.4, -0.2) is 28.5 Å². The highest BCUT2D eigenvalue weighted by Gasteiger charge is 2.43. The van der Waals surface area contributed by atoms with E-state index in [1.807, 2.05) is 0 Å². The summed E-state index contributed by atoms with van der Waals surface area (Å²) in [5, 5.41) is 14.1. The van der Waals surface area contributed by atoms with E-state index in [-0.39, 0.29) is 17.0 Å². The van der Waals surface area contributed by atoms with Gasteiger partial charge in [0.2, 0.25) is 5.91 Å². The third kappa shape index (κ3) is 3.81. The lowest BCUT2D eigenvalue weighted by molar-refractivity contribution is -0.137. The van der Waals surface area contributed by atoms with Crippen LogP contribution in [0, 0.1) is 11.3 Å². The Bertz CT molecular complexity index is 521. The minimum atomic E-state index is -1.01. The van der Waals surface area contributed by atoms with Crippen molar-refractivity contribution in [2.24, 2.45) is 11.3 Å². The molecule has 21 heavy (non-hydrogen) atoms. The van der Waals surface area contributed by atoms with Crippen molar-refractivity contribution in [3.63, 3.8) is 0 Å². The summed E-state index contributed by atoms with van der Waals surface area (Å²) in [6.07, 6.45) is 4.63. The van der Waals surface area contributed by atoms with Gasteiger partial charge >= 0.3 is 5.97 Å². The van der Waals surface area contributed by atoms with Crippen LogP contribution in [0.15, 0.2) is 5.38 Å². The van der Waals surface area contributed by atoms with Gasteiger partial charge in [-0.2, -0.15) is 0 Å². The Morgan fingerprint density at radius 1 is 1.48 bits per heavy atom. The molecular weight excluding hydrogens is 288 g/mol. The lowest BCUT2D eigenvalue weighted by Crippen LogP contribution is -2.47. The molecule has 0 atom stereocenters. The number of aromatic carboxylic acids is 1. The smallest absolute Gasteiger partial charge is 0.355 e. The number of hydrogen-bond donors (Lipinski definition) is 2. The van der Waals surface area contributed by atoms with Gasteiger partial charge in [-0.05, 0) is 25.2 Å². The van der Waals surface area contributed by atoms with E-state index in [1.54, 1.807) is 0 Å². The molecule has 1 aliphatic carbocycles. The fourth-order valence-electron chi connectivity index (χ4n) is 2.90. The van der Waals surface area contributed by atoms with E-state index < -0.39 is 5.97 Å². The monoisotopic (exact) mass is 310 g/mol. The highest BCUT2D eigenvalue weighted by Crippen LogP contribution is 2.46. The fourth-order valence-corrected chi connectivity index (χ4v) is 3.68. The third-order valence-electron chi connectivity index (χ3n) is 3.99. The molecule has 2 N–H and O–H groups in total. The molecular formula is C15H22N2O3S. The summed E-state index contributed by atoms with van der Waals surface area (Å²) < 4.78 is 0. The number of carboxylic acids is 1. The zero-order valence-corrected chi connectivity index (χ0v) is 13.3. The number of amides is 1. The van der Waals surface area contributed by atoms with Crippen molar-refractivity contribution in [3.05, 3.63) is 16.1 Å². The molecule has 0 aliphatic heterocycles. The van der Waals surface area contributed by atoms with E-state index in [0.29, 0.717) is 18.9 Å². The Morgan fingerprint density at radius 2 is 2.19 bits per heavy atom. The molecule has 1 aromatic heterocycles.